The predicted octanol–water partition coefficient (Wildman–Crippen LogP) is 2.75. The molecule has 1 aliphatic heterocycles. The Bertz CT molecular complexity index is 757. The van der Waals surface area contributed by atoms with Crippen molar-refractivity contribution >= 4 is 11.6 Å². The van der Waals surface area contributed by atoms with E-state index in [0.717, 1.165) is 5.56 Å². The topological polar surface area (TPSA) is 59.9 Å². The van der Waals surface area contributed by atoms with Gasteiger partial charge in [-0.05, 0) is 49.4 Å². The van der Waals surface area contributed by atoms with Crippen LogP contribution in [0.3, 0.4) is 0 Å². The van der Waals surface area contributed by atoms with E-state index < -0.39 is 11.7 Å². The van der Waals surface area contributed by atoms with Crippen LogP contribution in [-0.4, -0.2) is 24.8 Å². The van der Waals surface area contributed by atoms with Crippen LogP contribution in [0, 0.1) is 5.82 Å². The van der Waals surface area contributed by atoms with Crippen molar-refractivity contribution in [2.45, 2.75) is 6.92 Å². The zero-order valence-corrected chi connectivity index (χ0v) is 12.5. The van der Waals surface area contributed by atoms with Gasteiger partial charge in [-0.3, -0.25) is 4.79 Å². The number of carbonyl (C=O) groups excluding carboxylic acids is 1. The Morgan fingerprint density at radius 2 is 1.70 bits per heavy atom. The third-order valence-corrected chi connectivity index (χ3v) is 3.39. The van der Waals surface area contributed by atoms with E-state index in [1.807, 2.05) is 18.2 Å². The van der Waals surface area contributed by atoms with Crippen LogP contribution in [0.15, 0.2) is 47.6 Å². The molecule has 0 atom stereocenters. The summed E-state index contributed by atoms with van der Waals surface area (Å²) in [4.78, 5) is 11.9. The van der Waals surface area contributed by atoms with Gasteiger partial charge in [0.15, 0.2) is 11.5 Å². The van der Waals surface area contributed by atoms with Crippen molar-refractivity contribution in [3.63, 3.8) is 0 Å². The molecule has 1 N–H and O–H groups in total. The molecule has 0 fully saturated rings. The van der Waals surface area contributed by atoms with E-state index >= 15 is 0 Å². The monoisotopic (exact) mass is 314 g/mol. The van der Waals surface area contributed by atoms with E-state index in [1.54, 1.807) is 6.92 Å². The molecule has 118 valence electrons. The number of hydrogen-bond donors (Lipinski definition) is 1. The molecule has 0 saturated heterocycles. The molecule has 6 heteroatoms. The molecule has 3 rings (SSSR count). The van der Waals surface area contributed by atoms with Gasteiger partial charge in [0, 0.05) is 11.1 Å². The quantitative estimate of drug-likeness (QED) is 0.700. The molecule has 23 heavy (non-hydrogen) atoms. The van der Waals surface area contributed by atoms with E-state index in [9.17, 15) is 9.18 Å². The lowest BCUT2D eigenvalue weighted by Crippen LogP contribution is -2.19. The molecule has 0 aliphatic carbocycles. The molecular formula is C17H15FN2O3. The average molecular weight is 314 g/mol. The molecule has 1 amide bonds. The summed E-state index contributed by atoms with van der Waals surface area (Å²) >= 11 is 0. The lowest BCUT2D eigenvalue weighted by molar-refractivity contribution is 0.0955. The van der Waals surface area contributed by atoms with Gasteiger partial charge in [-0.1, -0.05) is 0 Å². The fourth-order valence-electron chi connectivity index (χ4n) is 2.13. The van der Waals surface area contributed by atoms with Gasteiger partial charge >= 0.3 is 0 Å². The smallest absolute Gasteiger partial charge is 0.271 e. The van der Waals surface area contributed by atoms with Crippen LogP contribution < -0.4 is 14.9 Å². The van der Waals surface area contributed by atoms with E-state index in [0.29, 0.717) is 36.0 Å². The molecular weight excluding hydrogens is 299 g/mol. The van der Waals surface area contributed by atoms with Crippen molar-refractivity contribution < 1.29 is 18.7 Å². The SMILES string of the molecule is C/C(=N\NC(=O)c1ccc(F)cc1)c1ccc2c(c1)OCCO2. The Kier molecular flexibility index (Phi) is 4.23. The van der Waals surface area contributed by atoms with E-state index in [4.69, 9.17) is 9.47 Å². The second-order valence-corrected chi connectivity index (χ2v) is 5.00. The summed E-state index contributed by atoms with van der Waals surface area (Å²) in [6.07, 6.45) is 0. The van der Waals surface area contributed by atoms with Crippen molar-refractivity contribution in [2.24, 2.45) is 5.10 Å². The molecule has 0 saturated carbocycles. The van der Waals surface area contributed by atoms with Crippen molar-refractivity contribution in [3.05, 3.63) is 59.4 Å². The minimum absolute atomic E-state index is 0.338. The van der Waals surface area contributed by atoms with E-state index in [1.165, 1.54) is 24.3 Å². The number of halogens is 1. The third kappa shape index (κ3) is 3.48. The van der Waals surface area contributed by atoms with Crippen LogP contribution in [0.4, 0.5) is 4.39 Å². The van der Waals surface area contributed by atoms with Crippen molar-refractivity contribution in [1.29, 1.82) is 0 Å². The van der Waals surface area contributed by atoms with Crippen molar-refractivity contribution in [2.75, 3.05) is 13.2 Å². The van der Waals surface area contributed by atoms with Crippen LogP contribution in [0.5, 0.6) is 11.5 Å². The first-order valence-electron chi connectivity index (χ1n) is 7.14. The number of hydrogen-bond acceptors (Lipinski definition) is 4. The molecule has 0 bridgehead atoms. The summed E-state index contributed by atoms with van der Waals surface area (Å²) in [5, 5.41) is 4.07. The molecule has 0 aromatic heterocycles. The zero-order chi connectivity index (χ0) is 16.2. The van der Waals surface area contributed by atoms with E-state index in [2.05, 4.69) is 10.5 Å². The number of hydrazone groups is 1. The van der Waals surface area contributed by atoms with Gasteiger partial charge < -0.3 is 9.47 Å². The van der Waals surface area contributed by atoms with Crippen LogP contribution in [0.2, 0.25) is 0 Å². The summed E-state index contributed by atoms with van der Waals surface area (Å²) in [5.74, 6) is 0.565. The van der Waals surface area contributed by atoms with Crippen molar-refractivity contribution in [3.8, 4) is 11.5 Å². The number of rotatable bonds is 3. The Balaban J connectivity index is 1.72. The Hall–Kier alpha value is -2.89. The third-order valence-electron chi connectivity index (χ3n) is 3.39. The number of benzene rings is 2. The number of fused-ring (bicyclic) bond motifs is 1. The number of amides is 1. The minimum atomic E-state index is -0.401. The van der Waals surface area contributed by atoms with Crippen molar-refractivity contribution in [1.82, 2.24) is 5.43 Å². The maximum absolute atomic E-state index is 12.8. The number of carbonyl (C=O) groups is 1. The minimum Gasteiger partial charge on any atom is -0.486 e. The van der Waals surface area contributed by atoms with E-state index in [-0.39, 0.29) is 0 Å². The first-order valence-corrected chi connectivity index (χ1v) is 7.14. The summed E-state index contributed by atoms with van der Waals surface area (Å²) in [7, 11) is 0. The zero-order valence-electron chi connectivity index (χ0n) is 12.5. The van der Waals surface area contributed by atoms with Gasteiger partial charge in [0.2, 0.25) is 0 Å². The molecule has 1 aliphatic rings. The lowest BCUT2D eigenvalue weighted by atomic mass is 10.1. The normalized spacial score (nSPS) is 13.6. The van der Waals surface area contributed by atoms with Gasteiger partial charge in [0.05, 0.1) is 5.71 Å². The Morgan fingerprint density at radius 3 is 2.43 bits per heavy atom. The van der Waals surface area contributed by atoms with Gasteiger partial charge in [-0.15, -0.1) is 0 Å². The lowest BCUT2D eigenvalue weighted by Gasteiger charge is -2.18. The highest BCUT2D eigenvalue weighted by molar-refractivity contribution is 6.01. The average Bonchev–Trinajstić information content (AvgIpc) is 2.59. The Labute approximate surface area is 132 Å². The number of ether oxygens (including phenoxy) is 2. The molecule has 2 aromatic carbocycles. The number of nitrogens with zero attached hydrogens (tertiary/aromatic N) is 1. The summed E-state index contributed by atoms with van der Waals surface area (Å²) < 4.78 is 23.8. The standard InChI is InChI=1S/C17H15FN2O3/c1-11(13-4-7-15-16(10-13)23-9-8-22-15)19-20-17(21)12-2-5-14(18)6-3-12/h2-7,10H,8-9H2,1H3,(H,20,21)/b19-11+. The van der Waals surface area contributed by atoms with Gasteiger partial charge in [0.25, 0.3) is 5.91 Å². The van der Waals surface area contributed by atoms with Crippen LogP contribution in [0.25, 0.3) is 0 Å². The molecule has 0 spiro atoms. The summed E-state index contributed by atoms with van der Waals surface area (Å²) in [6, 6.07) is 10.7. The fraction of sp³-hybridized carbons (Fsp3) is 0.176. The highest BCUT2D eigenvalue weighted by Gasteiger charge is 2.13. The van der Waals surface area contributed by atoms with Crippen LogP contribution in [0.1, 0.15) is 22.8 Å². The molecule has 2 aromatic rings. The number of nitrogens with one attached hydrogen (secondary N) is 1. The highest BCUT2D eigenvalue weighted by Crippen LogP contribution is 2.30. The molecule has 0 unspecified atom stereocenters. The van der Waals surface area contributed by atoms with Crippen LogP contribution in [-0.2, 0) is 0 Å². The molecule has 1 heterocycles. The molecule has 5 nitrogen and oxygen atoms in total. The van der Waals surface area contributed by atoms with Gasteiger partial charge in [-0.2, -0.15) is 5.10 Å². The molecule has 0 radical (unpaired) electrons. The summed E-state index contributed by atoms with van der Waals surface area (Å²) in [5.41, 5.74) is 4.23. The predicted molar refractivity (Wildman–Crippen MR) is 83.5 cm³/mol. The summed E-state index contributed by atoms with van der Waals surface area (Å²) in [6.45, 7) is 2.82. The van der Waals surface area contributed by atoms with Gasteiger partial charge in [0.1, 0.15) is 19.0 Å². The second-order valence-electron chi connectivity index (χ2n) is 5.00. The largest absolute Gasteiger partial charge is 0.486 e. The van der Waals surface area contributed by atoms with Gasteiger partial charge in [-0.25, -0.2) is 9.82 Å². The maximum atomic E-state index is 12.8. The first kappa shape index (κ1) is 15.0. The second kappa shape index (κ2) is 6.48. The fourth-order valence-corrected chi connectivity index (χ4v) is 2.13. The maximum Gasteiger partial charge on any atom is 0.271 e. The first-order chi connectivity index (χ1) is 11.1. The Morgan fingerprint density at radius 1 is 1.04 bits per heavy atom. The highest BCUT2D eigenvalue weighted by atomic mass is 19.1. The van der Waals surface area contributed by atoms with Crippen LogP contribution >= 0.6 is 0 Å².